The second-order valence-electron chi connectivity index (χ2n) is 1.42. The minimum Gasteiger partial charge on any atom is -0.464 e. The van der Waals surface area contributed by atoms with Crippen molar-refractivity contribution in [3.63, 3.8) is 0 Å². The molecule has 0 aromatic carbocycles. The fourth-order valence-electron chi connectivity index (χ4n) is 0.362. The zero-order valence-electron chi connectivity index (χ0n) is 5.92. The van der Waals surface area contributed by atoms with Crippen LogP contribution in [0.4, 0.5) is 0 Å². The predicted molar refractivity (Wildman–Crippen MR) is 35.9 cm³/mol. The van der Waals surface area contributed by atoms with Crippen LogP contribution in [-0.4, -0.2) is 19.2 Å². The highest BCUT2D eigenvalue weighted by atomic mass is 16.7. The van der Waals surface area contributed by atoms with Crippen molar-refractivity contribution in [2.75, 3.05) is 13.2 Å². The van der Waals surface area contributed by atoms with Gasteiger partial charge in [-0.3, -0.25) is 10.3 Å². The van der Waals surface area contributed by atoms with E-state index in [1.54, 1.807) is 6.92 Å². The molecule has 0 heterocycles. The number of nitrogens with one attached hydrogen (secondary N) is 1. The molecule has 0 fully saturated rings. The number of ether oxygens (including phenoxy) is 1. The molecule has 0 saturated heterocycles. The molecule has 1 N–H and O–H groups in total. The SMILES string of the molecule is C=CNOCC(=O)OCC. The lowest BCUT2D eigenvalue weighted by Crippen LogP contribution is -2.17. The Labute approximate surface area is 59.8 Å². The van der Waals surface area contributed by atoms with E-state index in [1.807, 2.05) is 0 Å². The first-order valence-corrected chi connectivity index (χ1v) is 2.95. The largest absolute Gasteiger partial charge is 0.464 e. The van der Waals surface area contributed by atoms with Gasteiger partial charge >= 0.3 is 5.97 Å². The Bertz CT molecular complexity index is 114. The maximum absolute atomic E-state index is 10.5. The molecule has 0 atom stereocenters. The first-order valence-electron chi connectivity index (χ1n) is 2.95. The third-order valence-corrected chi connectivity index (χ3v) is 0.662. The summed E-state index contributed by atoms with van der Waals surface area (Å²) in [5.41, 5.74) is 2.30. The lowest BCUT2D eigenvalue weighted by atomic mass is 10.7. The van der Waals surface area contributed by atoms with Crippen molar-refractivity contribution < 1.29 is 14.4 Å². The van der Waals surface area contributed by atoms with E-state index < -0.39 is 5.97 Å². The summed E-state index contributed by atoms with van der Waals surface area (Å²) < 4.78 is 4.55. The standard InChI is InChI=1S/C6H11NO3/c1-3-7-10-5-6(8)9-4-2/h3,7H,1,4-5H2,2H3. The summed E-state index contributed by atoms with van der Waals surface area (Å²) in [6.07, 6.45) is 1.33. The van der Waals surface area contributed by atoms with Crippen LogP contribution >= 0.6 is 0 Å². The van der Waals surface area contributed by atoms with Gasteiger partial charge in [0.25, 0.3) is 0 Å². The Balaban J connectivity index is 3.13. The third kappa shape index (κ3) is 5.11. The van der Waals surface area contributed by atoms with E-state index in [1.165, 1.54) is 6.20 Å². The second-order valence-corrected chi connectivity index (χ2v) is 1.42. The van der Waals surface area contributed by atoms with E-state index in [0.29, 0.717) is 6.61 Å². The van der Waals surface area contributed by atoms with Gasteiger partial charge in [-0.05, 0) is 6.92 Å². The number of carbonyl (C=O) groups excluding carboxylic acids is 1. The predicted octanol–water partition coefficient (Wildman–Crippen LogP) is 0.214. The Hall–Kier alpha value is -1.03. The Morgan fingerprint density at radius 1 is 1.80 bits per heavy atom. The van der Waals surface area contributed by atoms with Gasteiger partial charge in [0.1, 0.15) is 0 Å². The van der Waals surface area contributed by atoms with Gasteiger partial charge in [0, 0.05) is 6.20 Å². The summed E-state index contributed by atoms with van der Waals surface area (Å²) in [5, 5.41) is 0. The topological polar surface area (TPSA) is 47.6 Å². The zero-order valence-corrected chi connectivity index (χ0v) is 5.92. The van der Waals surface area contributed by atoms with Crippen molar-refractivity contribution in [1.82, 2.24) is 5.48 Å². The van der Waals surface area contributed by atoms with Gasteiger partial charge in [-0.25, -0.2) is 4.79 Å². The number of hydrogen-bond donors (Lipinski definition) is 1. The van der Waals surface area contributed by atoms with Crippen LogP contribution in [-0.2, 0) is 14.4 Å². The minimum atomic E-state index is -0.392. The Morgan fingerprint density at radius 3 is 3.00 bits per heavy atom. The maximum Gasteiger partial charge on any atom is 0.334 e. The first-order chi connectivity index (χ1) is 4.81. The molecular formula is C6H11NO3. The number of hydroxylamine groups is 1. The van der Waals surface area contributed by atoms with Gasteiger partial charge in [-0.15, -0.1) is 0 Å². The van der Waals surface area contributed by atoms with Gasteiger partial charge in [-0.1, -0.05) is 6.58 Å². The van der Waals surface area contributed by atoms with E-state index in [0.717, 1.165) is 0 Å². The highest BCUT2D eigenvalue weighted by molar-refractivity contribution is 5.70. The normalized spacial score (nSPS) is 8.50. The number of hydrogen-bond acceptors (Lipinski definition) is 4. The molecule has 0 bridgehead atoms. The summed E-state index contributed by atoms with van der Waals surface area (Å²) in [6.45, 7) is 5.32. The molecule has 10 heavy (non-hydrogen) atoms. The third-order valence-electron chi connectivity index (χ3n) is 0.662. The van der Waals surface area contributed by atoms with E-state index in [9.17, 15) is 4.79 Å². The average molecular weight is 145 g/mol. The highest BCUT2D eigenvalue weighted by Gasteiger charge is 1.98. The summed E-state index contributed by atoms with van der Waals surface area (Å²) in [5.74, 6) is -0.392. The van der Waals surface area contributed by atoms with E-state index in [-0.39, 0.29) is 6.61 Å². The van der Waals surface area contributed by atoms with E-state index in [4.69, 9.17) is 0 Å². The molecule has 0 aliphatic heterocycles. The van der Waals surface area contributed by atoms with Crippen molar-refractivity contribution in [3.05, 3.63) is 12.8 Å². The van der Waals surface area contributed by atoms with Crippen molar-refractivity contribution in [1.29, 1.82) is 0 Å². The fraction of sp³-hybridized carbons (Fsp3) is 0.500. The van der Waals surface area contributed by atoms with Crippen molar-refractivity contribution in [3.8, 4) is 0 Å². The fourth-order valence-corrected chi connectivity index (χ4v) is 0.362. The van der Waals surface area contributed by atoms with Crippen LogP contribution in [0.3, 0.4) is 0 Å². The molecule has 4 heteroatoms. The van der Waals surface area contributed by atoms with Crippen LogP contribution in [0.5, 0.6) is 0 Å². The minimum absolute atomic E-state index is 0.0974. The molecule has 0 unspecified atom stereocenters. The molecule has 0 aromatic heterocycles. The van der Waals surface area contributed by atoms with Gasteiger partial charge in [-0.2, -0.15) is 0 Å². The lowest BCUT2D eigenvalue weighted by Gasteiger charge is -2.00. The summed E-state index contributed by atoms with van der Waals surface area (Å²) in [7, 11) is 0. The van der Waals surface area contributed by atoms with Gasteiger partial charge in [0.05, 0.1) is 6.61 Å². The Morgan fingerprint density at radius 2 is 2.50 bits per heavy atom. The highest BCUT2D eigenvalue weighted by Crippen LogP contribution is 1.77. The summed E-state index contributed by atoms with van der Waals surface area (Å²) in [6, 6.07) is 0. The van der Waals surface area contributed by atoms with Crippen molar-refractivity contribution >= 4 is 5.97 Å². The zero-order chi connectivity index (χ0) is 7.82. The summed E-state index contributed by atoms with van der Waals surface area (Å²) in [4.78, 5) is 15.1. The molecule has 0 amide bonds. The first kappa shape index (κ1) is 8.97. The van der Waals surface area contributed by atoms with Gasteiger partial charge in [0.2, 0.25) is 0 Å². The smallest absolute Gasteiger partial charge is 0.334 e. The van der Waals surface area contributed by atoms with Gasteiger partial charge in [0.15, 0.2) is 6.61 Å². The molecule has 0 rings (SSSR count). The Kier molecular flexibility index (Phi) is 5.47. The molecule has 0 aliphatic rings. The molecule has 0 radical (unpaired) electrons. The monoisotopic (exact) mass is 145 g/mol. The number of carbonyl (C=O) groups is 1. The quantitative estimate of drug-likeness (QED) is 0.341. The second kappa shape index (κ2) is 6.10. The van der Waals surface area contributed by atoms with Crippen LogP contribution in [0.2, 0.25) is 0 Å². The molecule has 0 spiro atoms. The molecule has 0 aromatic rings. The van der Waals surface area contributed by atoms with E-state index in [2.05, 4.69) is 21.6 Å². The van der Waals surface area contributed by atoms with Crippen LogP contribution in [0.25, 0.3) is 0 Å². The van der Waals surface area contributed by atoms with Crippen LogP contribution in [0.15, 0.2) is 12.8 Å². The van der Waals surface area contributed by atoms with E-state index >= 15 is 0 Å². The van der Waals surface area contributed by atoms with Gasteiger partial charge < -0.3 is 4.74 Å². The van der Waals surface area contributed by atoms with Crippen LogP contribution in [0, 0.1) is 0 Å². The number of rotatable bonds is 5. The molecular weight excluding hydrogens is 134 g/mol. The van der Waals surface area contributed by atoms with Crippen molar-refractivity contribution in [2.45, 2.75) is 6.92 Å². The average Bonchev–Trinajstić information content (AvgIpc) is 1.89. The van der Waals surface area contributed by atoms with Crippen LogP contribution < -0.4 is 5.48 Å². The lowest BCUT2D eigenvalue weighted by molar-refractivity contribution is -0.150. The van der Waals surface area contributed by atoms with Crippen LogP contribution in [0.1, 0.15) is 6.92 Å². The maximum atomic E-state index is 10.5. The number of esters is 1. The summed E-state index contributed by atoms with van der Waals surface area (Å²) >= 11 is 0. The van der Waals surface area contributed by atoms with Crippen molar-refractivity contribution in [2.24, 2.45) is 0 Å². The molecule has 0 saturated carbocycles. The molecule has 4 nitrogen and oxygen atoms in total. The molecule has 0 aliphatic carbocycles. The molecule has 58 valence electrons.